The van der Waals surface area contributed by atoms with Crippen molar-refractivity contribution in [2.75, 3.05) is 20.2 Å². The third-order valence-corrected chi connectivity index (χ3v) is 4.54. The van der Waals surface area contributed by atoms with Gasteiger partial charge < -0.3 is 15.0 Å². The maximum absolute atomic E-state index is 12.8. The average Bonchev–Trinajstić information content (AvgIpc) is 3.17. The average molecular weight is 356 g/mol. The van der Waals surface area contributed by atoms with E-state index in [4.69, 9.17) is 4.74 Å². The van der Waals surface area contributed by atoms with E-state index in [1.165, 1.54) is 0 Å². The number of nitrogens with zero attached hydrogens (tertiary/aromatic N) is 3. The van der Waals surface area contributed by atoms with Crippen LogP contribution in [-0.4, -0.2) is 52.7 Å². The highest BCUT2D eigenvalue weighted by atomic mass is 16.5. The largest absolute Gasteiger partial charge is 0.497 e. The second-order valence-electron chi connectivity index (χ2n) is 6.35. The predicted molar refractivity (Wildman–Crippen MR) is 97.5 cm³/mol. The molecule has 1 fully saturated rings. The Balaban J connectivity index is 1.68. The van der Waals surface area contributed by atoms with E-state index in [9.17, 15) is 9.59 Å². The molecule has 0 spiro atoms. The number of benzene rings is 1. The van der Waals surface area contributed by atoms with Crippen LogP contribution in [0.15, 0.2) is 36.5 Å². The lowest BCUT2D eigenvalue weighted by Gasteiger charge is -2.32. The molecule has 0 bridgehead atoms. The van der Waals surface area contributed by atoms with Crippen molar-refractivity contribution < 1.29 is 14.3 Å². The lowest BCUT2D eigenvalue weighted by Crippen LogP contribution is -2.49. The number of ether oxygens (including phenoxy) is 1. The van der Waals surface area contributed by atoms with Gasteiger partial charge in [-0.3, -0.25) is 9.59 Å². The molecule has 7 nitrogen and oxygen atoms in total. The first-order valence-electron chi connectivity index (χ1n) is 8.89. The summed E-state index contributed by atoms with van der Waals surface area (Å²) in [6, 6.07) is 9.22. The van der Waals surface area contributed by atoms with E-state index in [0.717, 1.165) is 24.3 Å². The summed E-state index contributed by atoms with van der Waals surface area (Å²) in [6.45, 7) is 3.04. The molecule has 26 heavy (non-hydrogen) atoms. The molecular weight excluding hydrogens is 332 g/mol. The molecule has 3 rings (SSSR count). The number of carbonyl (C=O) groups is 2. The maximum atomic E-state index is 12.8. The molecule has 0 radical (unpaired) electrons. The Labute approximate surface area is 152 Å². The summed E-state index contributed by atoms with van der Waals surface area (Å²) in [6.07, 6.45) is 4.00. The summed E-state index contributed by atoms with van der Waals surface area (Å²) in [5, 5.41) is 7.39. The van der Waals surface area contributed by atoms with Gasteiger partial charge in [-0.05, 0) is 43.2 Å². The Bertz CT molecular complexity index is 769. The van der Waals surface area contributed by atoms with Crippen LogP contribution in [0.2, 0.25) is 0 Å². The molecule has 2 aromatic rings. The topological polar surface area (TPSA) is 76.5 Å². The van der Waals surface area contributed by atoms with E-state index in [-0.39, 0.29) is 17.9 Å². The molecule has 138 valence electrons. The number of hydrogen-bond donors (Lipinski definition) is 1. The van der Waals surface area contributed by atoms with Crippen molar-refractivity contribution in [3.05, 3.63) is 42.2 Å². The van der Waals surface area contributed by atoms with Gasteiger partial charge in [0.15, 0.2) is 5.69 Å². The lowest BCUT2D eigenvalue weighted by atomic mass is 10.1. The minimum atomic E-state index is -0.104. The monoisotopic (exact) mass is 356 g/mol. The highest BCUT2D eigenvalue weighted by Crippen LogP contribution is 2.16. The summed E-state index contributed by atoms with van der Waals surface area (Å²) < 4.78 is 6.83. The van der Waals surface area contributed by atoms with Gasteiger partial charge in [0.1, 0.15) is 5.75 Å². The molecule has 1 aliphatic rings. The van der Waals surface area contributed by atoms with Crippen LogP contribution in [-0.2, 0) is 4.79 Å². The van der Waals surface area contributed by atoms with E-state index in [1.807, 2.05) is 31.2 Å². The number of aromatic nitrogens is 2. The molecule has 1 aliphatic heterocycles. The van der Waals surface area contributed by atoms with Crippen LogP contribution < -0.4 is 10.1 Å². The zero-order chi connectivity index (χ0) is 18.5. The van der Waals surface area contributed by atoms with Crippen molar-refractivity contribution in [3.8, 4) is 11.4 Å². The van der Waals surface area contributed by atoms with Crippen LogP contribution in [0.25, 0.3) is 5.69 Å². The predicted octanol–water partition coefficient (Wildman–Crippen LogP) is 2.01. The molecule has 0 aliphatic carbocycles. The second kappa shape index (κ2) is 8.03. The zero-order valence-corrected chi connectivity index (χ0v) is 15.1. The summed E-state index contributed by atoms with van der Waals surface area (Å²) in [4.78, 5) is 26.1. The molecule has 1 unspecified atom stereocenters. The first-order chi connectivity index (χ1) is 12.6. The highest BCUT2D eigenvalue weighted by Gasteiger charge is 2.26. The molecule has 0 saturated carbocycles. The fourth-order valence-corrected chi connectivity index (χ4v) is 3.09. The summed E-state index contributed by atoms with van der Waals surface area (Å²) >= 11 is 0. The molecule has 1 aromatic heterocycles. The number of methoxy groups -OCH3 is 1. The number of hydrogen-bond acceptors (Lipinski definition) is 4. The fraction of sp³-hybridized carbons (Fsp3) is 0.421. The minimum Gasteiger partial charge on any atom is -0.497 e. The number of amides is 2. The summed E-state index contributed by atoms with van der Waals surface area (Å²) in [7, 11) is 1.62. The number of piperidine rings is 1. The zero-order valence-electron chi connectivity index (χ0n) is 15.1. The minimum absolute atomic E-state index is 0.0174. The van der Waals surface area contributed by atoms with Crippen molar-refractivity contribution in [1.82, 2.24) is 20.0 Å². The smallest absolute Gasteiger partial charge is 0.274 e. The first-order valence-corrected chi connectivity index (χ1v) is 8.89. The molecule has 2 heterocycles. The fourth-order valence-electron chi connectivity index (χ4n) is 3.09. The summed E-state index contributed by atoms with van der Waals surface area (Å²) in [5.74, 6) is 0.687. The van der Waals surface area contributed by atoms with Crippen LogP contribution >= 0.6 is 0 Å². The lowest BCUT2D eigenvalue weighted by molar-refractivity contribution is -0.121. The number of carbonyl (C=O) groups excluding carboxylic acids is 2. The van der Waals surface area contributed by atoms with Crippen LogP contribution in [0, 0.1) is 0 Å². The Hall–Kier alpha value is -2.83. The van der Waals surface area contributed by atoms with Gasteiger partial charge in [0, 0.05) is 31.7 Å². The van der Waals surface area contributed by atoms with Crippen molar-refractivity contribution in [1.29, 1.82) is 0 Å². The van der Waals surface area contributed by atoms with Crippen LogP contribution in [0.5, 0.6) is 5.75 Å². The second-order valence-corrected chi connectivity index (χ2v) is 6.35. The molecule has 1 N–H and O–H groups in total. The molecule has 1 aromatic carbocycles. The van der Waals surface area contributed by atoms with Crippen molar-refractivity contribution in [3.63, 3.8) is 0 Å². The number of likely N-dealkylation sites (tertiary alicyclic amines) is 1. The third kappa shape index (κ3) is 4.04. The molecule has 1 atom stereocenters. The van der Waals surface area contributed by atoms with Crippen LogP contribution in [0.3, 0.4) is 0 Å². The highest BCUT2D eigenvalue weighted by molar-refractivity contribution is 5.92. The van der Waals surface area contributed by atoms with Crippen LogP contribution in [0.1, 0.15) is 36.7 Å². The Morgan fingerprint density at radius 1 is 1.27 bits per heavy atom. The van der Waals surface area contributed by atoms with Gasteiger partial charge in [-0.15, -0.1) is 0 Å². The van der Waals surface area contributed by atoms with E-state index in [1.54, 1.807) is 29.0 Å². The first kappa shape index (κ1) is 18.0. The van der Waals surface area contributed by atoms with E-state index in [0.29, 0.717) is 25.2 Å². The van der Waals surface area contributed by atoms with Gasteiger partial charge in [0.2, 0.25) is 5.91 Å². The maximum Gasteiger partial charge on any atom is 0.274 e. The van der Waals surface area contributed by atoms with Gasteiger partial charge in [-0.1, -0.05) is 6.92 Å². The quantitative estimate of drug-likeness (QED) is 0.889. The number of rotatable bonds is 5. The van der Waals surface area contributed by atoms with E-state index in [2.05, 4.69) is 10.4 Å². The Morgan fingerprint density at radius 3 is 2.73 bits per heavy atom. The van der Waals surface area contributed by atoms with Crippen molar-refractivity contribution >= 4 is 11.8 Å². The Kier molecular flexibility index (Phi) is 5.55. The molecule has 7 heteroatoms. The number of nitrogens with one attached hydrogen (secondary N) is 1. The molecule has 1 saturated heterocycles. The van der Waals surface area contributed by atoms with E-state index >= 15 is 0 Å². The standard InChI is InChI=1S/C19H24N4O3/c1-3-18(24)20-14-5-4-11-22(13-14)19(25)17-10-12-23(21-17)15-6-8-16(26-2)9-7-15/h6-10,12,14H,3-5,11,13H2,1-2H3,(H,20,24). The Morgan fingerprint density at radius 2 is 2.04 bits per heavy atom. The van der Waals surface area contributed by atoms with Gasteiger partial charge in [-0.2, -0.15) is 5.10 Å². The van der Waals surface area contributed by atoms with Crippen molar-refractivity contribution in [2.24, 2.45) is 0 Å². The normalized spacial score (nSPS) is 17.0. The SMILES string of the molecule is CCC(=O)NC1CCCN(C(=O)c2ccn(-c3ccc(OC)cc3)n2)C1. The van der Waals surface area contributed by atoms with Gasteiger partial charge in [0.05, 0.1) is 12.8 Å². The molecule has 2 amide bonds. The van der Waals surface area contributed by atoms with Crippen LogP contribution in [0.4, 0.5) is 0 Å². The third-order valence-electron chi connectivity index (χ3n) is 4.54. The summed E-state index contributed by atoms with van der Waals surface area (Å²) in [5.41, 5.74) is 1.26. The van der Waals surface area contributed by atoms with Gasteiger partial charge in [0.25, 0.3) is 5.91 Å². The van der Waals surface area contributed by atoms with Gasteiger partial charge >= 0.3 is 0 Å². The molecular formula is C19H24N4O3. The van der Waals surface area contributed by atoms with Crippen molar-refractivity contribution in [2.45, 2.75) is 32.2 Å². The van der Waals surface area contributed by atoms with E-state index < -0.39 is 0 Å². The van der Waals surface area contributed by atoms with Gasteiger partial charge in [-0.25, -0.2) is 4.68 Å².